The van der Waals surface area contributed by atoms with Crippen molar-refractivity contribution in [2.75, 3.05) is 0 Å². The molecule has 26 heavy (non-hydrogen) atoms. The summed E-state index contributed by atoms with van der Waals surface area (Å²) in [5.41, 5.74) is 3.87. The van der Waals surface area contributed by atoms with E-state index in [1.165, 1.54) is 6.07 Å². The lowest BCUT2D eigenvalue weighted by Gasteiger charge is -2.16. The predicted molar refractivity (Wildman–Crippen MR) is 83.6 cm³/mol. The Morgan fingerprint density at radius 2 is 1.85 bits per heavy atom. The predicted octanol–water partition coefficient (Wildman–Crippen LogP) is 1.84. The van der Waals surface area contributed by atoms with Crippen LogP contribution in [0.2, 0.25) is 0 Å². The first-order chi connectivity index (χ1) is 12.2. The molecular formula is C16H12F3N3O4. The minimum Gasteiger partial charge on any atom is -0.368 e. The van der Waals surface area contributed by atoms with Crippen molar-refractivity contribution in [2.45, 2.75) is 12.5 Å². The Morgan fingerprint density at radius 3 is 2.46 bits per heavy atom. The Kier molecular flexibility index (Phi) is 5.55. The molecule has 0 aromatic heterocycles. The highest BCUT2D eigenvalue weighted by Gasteiger charge is 2.24. The molecule has 0 aliphatic rings. The van der Waals surface area contributed by atoms with E-state index in [1.807, 2.05) is 0 Å². The Morgan fingerprint density at radius 1 is 1.15 bits per heavy atom. The molecule has 2 rings (SSSR count). The molecule has 0 heterocycles. The number of carbonyl (C=O) groups is 2. The SMILES string of the molecule is NC(=O)[C@@H](Cc1ccc(F)c([N+](=O)[O-])c1)NC(=O)c1cccc(F)c1F. The van der Waals surface area contributed by atoms with Crippen molar-refractivity contribution < 1.29 is 27.7 Å². The largest absolute Gasteiger partial charge is 0.368 e. The summed E-state index contributed by atoms with van der Waals surface area (Å²) < 4.78 is 40.2. The van der Waals surface area contributed by atoms with Crippen LogP contribution in [0.25, 0.3) is 0 Å². The number of nitrogens with two attached hydrogens (primary N) is 1. The summed E-state index contributed by atoms with van der Waals surface area (Å²) in [5.74, 6) is -5.82. The van der Waals surface area contributed by atoms with E-state index < -0.39 is 51.5 Å². The van der Waals surface area contributed by atoms with E-state index in [4.69, 9.17) is 5.73 Å². The van der Waals surface area contributed by atoms with E-state index in [1.54, 1.807) is 0 Å². The van der Waals surface area contributed by atoms with Gasteiger partial charge in [0.1, 0.15) is 6.04 Å². The highest BCUT2D eigenvalue weighted by Crippen LogP contribution is 2.19. The maximum Gasteiger partial charge on any atom is 0.305 e. The zero-order valence-electron chi connectivity index (χ0n) is 13.0. The highest BCUT2D eigenvalue weighted by atomic mass is 19.2. The van der Waals surface area contributed by atoms with Crippen molar-refractivity contribution >= 4 is 17.5 Å². The fourth-order valence-electron chi connectivity index (χ4n) is 2.20. The number of nitrogens with one attached hydrogen (secondary N) is 1. The first-order valence-corrected chi connectivity index (χ1v) is 7.17. The molecule has 1 atom stereocenters. The average molecular weight is 367 g/mol. The van der Waals surface area contributed by atoms with Crippen LogP contribution in [0.1, 0.15) is 15.9 Å². The van der Waals surface area contributed by atoms with Crippen LogP contribution in [0, 0.1) is 27.6 Å². The first-order valence-electron chi connectivity index (χ1n) is 7.17. The molecule has 0 aliphatic heterocycles. The van der Waals surface area contributed by atoms with Crippen molar-refractivity contribution in [3.8, 4) is 0 Å². The molecule has 7 nitrogen and oxygen atoms in total. The minimum atomic E-state index is -1.40. The number of benzene rings is 2. The van der Waals surface area contributed by atoms with Gasteiger partial charge in [-0.2, -0.15) is 4.39 Å². The number of rotatable bonds is 6. The second kappa shape index (κ2) is 7.64. The fourth-order valence-corrected chi connectivity index (χ4v) is 2.20. The Labute approximate surface area is 144 Å². The third kappa shape index (κ3) is 4.15. The molecule has 2 aromatic rings. The molecule has 0 unspecified atom stereocenters. The van der Waals surface area contributed by atoms with Crippen molar-refractivity contribution in [2.24, 2.45) is 5.73 Å². The molecule has 0 saturated heterocycles. The number of amides is 2. The summed E-state index contributed by atoms with van der Waals surface area (Å²) in [7, 11) is 0. The van der Waals surface area contributed by atoms with Crippen LogP contribution < -0.4 is 11.1 Å². The maximum absolute atomic E-state index is 13.6. The monoisotopic (exact) mass is 367 g/mol. The highest BCUT2D eigenvalue weighted by molar-refractivity contribution is 5.97. The van der Waals surface area contributed by atoms with E-state index in [-0.39, 0.29) is 12.0 Å². The van der Waals surface area contributed by atoms with Crippen molar-refractivity contribution in [3.63, 3.8) is 0 Å². The van der Waals surface area contributed by atoms with E-state index in [9.17, 15) is 32.9 Å². The molecule has 0 aliphatic carbocycles. The summed E-state index contributed by atoms with van der Waals surface area (Å²) >= 11 is 0. The lowest BCUT2D eigenvalue weighted by Crippen LogP contribution is -2.46. The number of halogens is 3. The van der Waals surface area contributed by atoms with Gasteiger partial charge in [0, 0.05) is 12.5 Å². The Balaban J connectivity index is 2.23. The van der Waals surface area contributed by atoms with Crippen LogP contribution in [-0.2, 0) is 11.2 Å². The third-order valence-electron chi connectivity index (χ3n) is 3.49. The summed E-state index contributed by atoms with van der Waals surface area (Å²) in [6.45, 7) is 0. The Hall–Kier alpha value is -3.43. The lowest BCUT2D eigenvalue weighted by atomic mass is 10.0. The van der Waals surface area contributed by atoms with Crippen molar-refractivity contribution in [3.05, 3.63) is 75.1 Å². The molecule has 3 N–H and O–H groups in total. The van der Waals surface area contributed by atoms with Gasteiger partial charge in [0.15, 0.2) is 11.6 Å². The van der Waals surface area contributed by atoms with E-state index in [0.717, 1.165) is 30.3 Å². The van der Waals surface area contributed by atoms with Gasteiger partial charge in [-0.1, -0.05) is 12.1 Å². The zero-order valence-corrected chi connectivity index (χ0v) is 13.0. The fraction of sp³-hybridized carbons (Fsp3) is 0.125. The summed E-state index contributed by atoms with van der Waals surface area (Å²) in [6, 6.07) is 4.45. The van der Waals surface area contributed by atoms with Gasteiger partial charge in [0.05, 0.1) is 10.5 Å². The van der Waals surface area contributed by atoms with Gasteiger partial charge < -0.3 is 11.1 Å². The summed E-state index contributed by atoms with van der Waals surface area (Å²) in [6.07, 6.45) is -0.306. The van der Waals surface area contributed by atoms with Crippen LogP contribution in [-0.4, -0.2) is 22.8 Å². The second-order valence-electron chi connectivity index (χ2n) is 5.28. The van der Waals surface area contributed by atoms with Gasteiger partial charge >= 0.3 is 5.69 Å². The molecule has 0 radical (unpaired) electrons. The number of hydrogen-bond acceptors (Lipinski definition) is 4. The van der Waals surface area contributed by atoms with Gasteiger partial charge in [-0.05, 0) is 23.8 Å². The molecule has 136 valence electrons. The Bertz CT molecular complexity index is 889. The molecular weight excluding hydrogens is 355 g/mol. The quantitative estimate of drug-likeness (QED) is 0.599. The number of carbonyl (C=O) groups excluding carboxylic acids is 2. The van der Waals surface area contributed by atoms with Crippen LogP contribution in [0.3, 0.4) is 0 Å². The van der Waals surface area contributed by atoms with Gasteiger partial charge in [-0.25, -0.2) is 8.78 Å². The third-order valence-corrected chi connectivity index (χ3v) is 3.49. The minimum absolute atomic E-state index is 0.141. The molecule has 2 amide bonds. The molecule has 0 saturated carbocycles. The molecule has 2 aromatic carbocycles. The van der Waals surface area contributed by atoms with Crippen LogP contribution in [0.5, 0.6) is 0 Å². The topological polar surface area (TPSA) is 115 Å². The van der Waals surface area contributed by atoms with Crippen LogP contribution in [0.15, 0.2) is 36.4 Å². The van der Waals surface area contributed by atoms with Crippen LogP contribution in [0.4, 0.5) is 18.9 Å². The number of nitro benzene ring substituents is 1. The van der Waals surface area contributed by atoms with E-state index in [0.29, 0.717) is 0 Å². The normalized spacial score (nSPS) is 11.7. The molecule has 10 heteroatoms. The number of primary amides is 1. The number of nitro groups is 1. The number of nitrogens with zero attached hydrogens (tertiary/aromatic N) is 1. The standard InChI is InChI=1S/C16H12F3N3O4/c17-10-5-4-8(7-13(10)22(25)26)6-12(15(20)23)21-16(24)9-2-1-3-11(18)14(9)19/h1-5,7,12H,6H2,(H2,20,23)(H,21,24)/t12-/m1/s1. The van der Waals surface area contributed by atoms with Gasteiger partial charge in [0.25, 0.3) is 5.91 Å². The van der Waals surface area contributed by atoms with Crippen LogP contribution >= 0.6 is 0 Å². The van der Waals surface area contributed by atoms with Gasteiger partial charge in [-0.15, -0.1) is 0 Å². The molecule has 0 fully saturated rings. The van der Waals surface area contributed by atoms with E-state index >= 15 is 0 Å². The smallest absolute Gasteiger partial charge is 0.305 e. The summed E-state index contributed by atoms with van der Waals surface area (Å²) in [5, 5.41) is 12.9. The number of hydrogen-bond donors (Lipinski definition) is 2. The molecule has 0 spiro atoms. The lowest BCUT2D eigenvalue weighted by molar-refractivity contribution is -0.387. The first kappa shape index (κ1) is 18.9. The van der Waals surface area contributed by atoms with Gasteiger partial charge in [-0.3, -0.25) is 19.7 Å². The van der Waals surface area contributed by atoms with Crippen molar-refractivity contribution in [1.82, 2.24) is 5.32 Å². The van der Waals surface area contributed by atoms with E-state index in [2.05, 4.69) is 5.32 Å². The molecule has 0 bridgehead atoms. The maximum atomic E-state index is 13.6. The van der Waals surface area contributed by atoms with Gasteiger partial charge in [0.2, 0.25) is 11.7 Å². The average Bonchev–Trinajstić information content (AvgIpc) is 2.57. The van der Waals surface area contributed by atoms with Crippen molar-refractivity contribution in [1.29, 1.82) is 0 Å². The zero-order chi connectivity index (χ0) is 19.4. The second-order valence-corrected chi connectivity index (χ2v) is 5.28. The summed E-state index contributed by atoms with van der Waals surface area (Å²) in [4.78, 5) is 33.4.